The zero-order valence-corrected chi connectivity index (χ0v) is 17.6. The highest BCUT2D eigenvalue weighted by Gasteiger charge is 2.13. The normalized spacial score (nSPS) is 10.9. The molecule has 0 atom stereocenters. The van der Waals surface area contributed by atoms with Crippen LogP contribution in [0.1, 0.15) is 17.3 Å². The summed E-state index contributed by atoms with van der Waals surface area (Å²) in [4.78, 5) is 17.0. The average molecular weight is 420 g/mol. The smallest absolute Gasteiger partial charge is 0.173 e. The lowest BCUT2D eigenvalue weighted by molar-refractivity contribution is 0.102. The Morgan fingerprint density at radius 2 is 1.80 bits per heavy atom. The molecular formula is C23H21N3O3S. The molecule has 0 aliphatic heterocycles. The van der Waals surface area contributed by atoms with E-state index < -0.39 is 0 Å². The molecule has 0 aliphatic carbocycles. The number of fused-ring (bicyclic) bond motifs is 1. The largest absolute Gasteiger partial charge is 0.497 e. The van der Waals surface area contributed by atoms with Gasteiger partial charge in [-0.1, -0.05) is 11.8 Å². The fourth-order valence-electron chi connectivity index (χ4n) is 3.03. The summed E-state index contributed by atoms with van der Waals surface area (Å²) in [6.45, 7) is 2.59. The van der Waals surface area contributed by atoms with Gasteiger partial charge in [-0.3, -0.25) is 4.79 Å². The predicted molar refractivity (Wildman–Crippen MR) is 118 cm³/mol. The molecule has 0 bridgehead atoms. The van der Waals surface area contributed by atoms with Crippen LogP contribution in [0.2, 0.25) is 0 Å². The molecule has 0 saturated heterocycles. The number of ether oxygens (including phenoxy) is 2. The van der Waals surface area contributed by atoms with Crippen LogP contribution in [0.3, 0.4) is 0 Å². The first-order chi connectivity index (χ1) is 14.7. The number of nitrogens with zero attached hydrogens (tertiary/aromatic N) is 3. The molecular weight excluding hydrogens is 398 g/mol. The highest BCUT2D eigenvalue weighted by Crippen LogP contribution is 2.27. The number of thioether (sulfide) groups is 1. The molecule has 0 aliphatic rings. The first kappa shape index (κ1) is 20.0. The van der Waals surface area contributed by atoms with Gasteiger partial charge in [0.1, 0.15) is 16.5 Å². The molecule has 0 amide bonds. The summed E-state index contributed by atoms with van der Waals surface area (Å²) >= 11 is 1.41. The number of ketones is 1. The Labute approximate surface area is 178 Å². The molecule has 7 heteroatoms. The quantitative estimate of drug-likeness (QED) is 0.303. The molecule has 2 aromatic heterocycles. The Bertz CT molecular complexity index is 1150. The second-order valence-corrected chi connectivity index (χ2v) is 7.45. The van der Waals surface area contributed by atoms with E-state index in [9.17, 15) is 4.79 Å². The minimum Gasteiger partial charge on any atom is -0.497 e. The minimum absolute atomic E-state index is 0.0395. The third-order valence-corrected chi connectivity index (χ3v) is 5.56. The van der Waals surface area contributed by atoms with Crippen molar-refractivity contribution in [1.29, 1.82) is 0 Å². The van der Waals surface area contributed by atoms with Crippen LogP contribution >= 0.6 is 11.8 Å². The zero-order chi connectivity index (χ0) is 20.9. The maximum Gasteiger partial charge on any atom is 0.173 e. The van der Waals surface area contributed by atoms with Crippen molar-refractivity contribution in [1.82, 2.24) is 14.6 Å². The first-order valence-electron chi connectivity index (χ1n) is 9.55. The number of Topliss-reactive ketones (excluding diaryl/α,β-unsaturated/α-hetero) is 1. The van der Waals surface area contributed by atoms with Crippen molar-refractivity contribution in [3.8, 4) is 22.8 Å². The second kappa shape index (κ2) is 9.00. The molecule has 0 fully saturated rings. The summed E-state index contributed by atoms with van der Waals surface area (Å²) in [6, 6.07) is 17.0. The van der Waals surface area contributed by atoms with Crippen LogP contribution < -0.4 is 9.47 Å². The van der Waals surface area contributed by atoms with Gasteiger partial charge in [0.05, 0.1) is 30.7 Å². The van der Waals surface area contributed by atoms with Crippen LogP contribution in [0.5, 0.6) is 11.5 Å². The van der Waals surface area contributed by atoms with Gasteiger partial charge in [0.2, 0.25) is 0 Å². The van der Waals surface area contributed by atoms with E-state index in [0.717, 1.165) is 33.3 Å². The number of carbonyl (C=O) groups is 1. The van der Waals surface area contributed by atoms with Crippen LogP contribution in [0.4, 0.5) is 0 Å². The predicted octanol–water partition coefficient (Wildman–Crippen LogP) is 4.78. The van der Waals surface area contributed by atoms with Gasteiger partial charge in [0.15, 0.2) is 5.78 Å². The van der Waals surface area contributed by atoms with E-state index >= 15 is 0 Å². The van der Waals surface area contributed by atoms with Crippen molar-refractivity contribution in [2.24, 2.45) is 0 Å². The molecule has 0 unspecified atom stereocenters. The Balaban J connectivity index is 1.52. The molecule has 4 aromatic rings. The van der Waals surface area contributed by atoms with E-state index in [1.54, 1.807) is 42.1 Å². The van der Waals surface area contributed by atoms with Gasteiger partial charge >= 0.3 is 0 Å². The summed E-state index contributed by atoms with van der Waals surface area (Å²) in [5.41, 5.74) is 3.36. The SMILES string of the molecule is CCOc1ccc(-c2cc3c(SCC(=O)c4ccc(OC)cc4)nccn3n2)cc1. The lowest BCUT2D eigenvalue weighted by atomic mass is 10.1. The number of methoxy groups -OCH3 is 1. The van der Waals surface area contributed by atoms with Crippen molar-refractivity contribution in [2.45, 2.75) is 11.9 Å². The Morgan fingerprint density at radius 3 is 2.50 bits per heavy atom. The number of hydrogen-bond donors (Lipinski definition) is 0. The monoisotopic (exact) mass is 419 g/mol. The molecule has 6 nitrogen and oxygen atoms in total. The zero-order valence-electron chi connectivity index (χ0n) is 16.7. The van der Waals surface area contributed by atoms with Crippen molar-refractivity contribution in [3.05, 3.63) is 72.6 Å². The summed E-state index contributed by atoms with van der Waals surface area (Å²) in [5, 5.41) is 5.41. The van der Waals surface area contributed by atoms with Crippen LogP contribution in [-0.4, -0.2) is 39.9 Å². The minimum atomic E-state index is 0.0395. The number of carbonyl (C=O) groups excluding carboxylic acids is 1. The highest BCUT2D eigenvalue weighted by molar-refractivity contribution is 8.00. The number of rotatable bonds is 8. The first-order valence-corrected chi connectivity index (χ1v) is 10.5. The molecule has 0 spiro atoms. The highest BCUT2D eigenvalue weighted by atomic mass is 32.2. The summed E-state index contributed by atoms with van der Waals surface area (Å²) in [5.74, 6) is 1.90. The maximum absolute atomic E-state index is 12.5. The van der Waals surface area contributed by atoms with Gasteiger partial charge in [-0.2, -0.15) is 5.10 Å². The van der Waals surface area contributed by atoms with Gasteiger partial charge in [-0.25, -0.2) is 9.50 Å². The second-order valence-electron chi connectivity index (χ2n) is 6.49. The van der Waals surface area contributed by atoms with E-state index in [0.29, 0.717) is 17.9 Å². The fraction of sp³-hybridized carbons (Fsp3) is 0.174. The molecule has 2 aromatic carbocycles. The Hall–Kier alpha value is -3.32. The van der Waals surface area contributed by atoms with E-state index in [1.807, 2.05) is 43.5 Å². The average Bonchev–Trinajstić information content (AvgIpc) is 3.23. The Kier molecular flexibility index (Phi) is 5.99. The van der Waals surface area contributed by atoms with Crippen molar-refractivity contribution in [3.63, 3.8) is 0 Å². The van der Waals surface area contributed by atoms with E-state index in [-0.39, 0.29) is 5.78 Å². The molecule has 0 saturated carbocycles. The van der Waals surface area contributed by atoms with Gasteiger partial charge in [-0.15, -0.1) is 0 Å². The summed E-state index contributed by atoms with van der Waals surface area (Å²) < 4.78 is 12.4. The summed E-state index contributed by atoms with van der Waals surface area (Å²) in [7, 11) is 1.60. The van der Waals surface area contributed by atoms with Crippen molar-refractivity contribution in [2.75, 3.05) is 19.5 Å². The van der Waals surface area contributed by atoms with Crippen LogP contribution in [0, 0.1) is 0 Å². The fourth-order valence-corrected chi connectivity index (χ4v) is 3.90. The maximum atomic E-state index is 12.5. The van der Waals surface area contributed by atoms with E-state index in [1.165, 1.54) is 11.8 Å². The van der Waals surface area contributed by atoms with Gasteiger partial charge in [0, 0.05) is 23.5 Å². The van der Waals surface area contributed by atoms with Crippen LogP contribution in [-0.2, 0) is 0 Å². The molecule has 30 heavy (non-hydrogen) atoms. The van der Waals surface area contributed by atoms with E-state index in [2.05, 4.69) is 10.1 Å². The molecule has 4 rings (SSSR count). The standard InChI is InChI=1S/C23H21N3O3S/c1-3-29-19-10-4-16(5-11-19)20-14-21-23(24-12-13-26(21)25-20)30-15-22(27)17-6-8-18(28-2)9-7-17/h4-14H,3,15H2,1-2H3. The lowest BCUT2D eigenvalue weighted by Crippen LogP contribution is -2.03. The van der Waals surface area contributed by atoms with Gasteiger partial charge in [-0.05, 0) is 61.5 Å². The lowest BCUT2D eigenvalue weighted by Gasteiger charge is -2.04. The topological polar surface area (TPSA) is 65.7 Å². The van der Waals surface area contributed by atoms with Gasteiger partial charge in [0.25, 0.3) is 0 Å². The third-order valence-electron chi connectivity index (χ3n) is 4.57. The summed E-state index contributed by atoms with van der Waals surface area (Å²) in [6.07, 6.45) is 3.50. The van der Waals surface area contributed by atoms with Crippen molar-refractivity contribution >= 4 is 23.1 Å². The third kappa shape index (κ3) is 4.31. The molecule has 0 radical (unpaired) electrons. The van der Waals surface area contributed by atoms with Crippen molar-refractivity contribution < 1.29 is 14.3 Å². The molecule has 152 valence electrons. The number of benzene rings is 2. The number of hydrogen-bond acceptors (Lipinski definition) is 6. The van der Waals surface area contributed by atoms with Gasteiger partial charge < -0.3 is 9.47 Å². The number of aromatic nitrogens is 3. The molecule has 2 heterocycles. The molecule has 0 N–H and O–H groups in total. The van der Waals surface area contributed by atoms with Crippen LogP contribution in [0.15, 0.2) is 72.0 Å². The Morgan fingerprint density at radius 1 is 1.07 bits per heavy atom. The van der Waals surface area contributed by atoms with E-state index in [4.69, 9.17) is 9.47 Å². The van der Waals surface area contributed by atoms with Crippen LogP contribution in [0.25, 0.3) is 16.8 Å².